The fourth-order valence-corrected chi connectivity index (χ4v) is 3.88. The van der Waals surface area contributed by atoms with Crippen molar-refractivity contribution in [1.29, 1.82) is 0 Å². The summed E-state index contributed by atoms with van der Waals surface area (Å²) in [6, 6.07) is 0. The van der Waals surface area contributed by atoms with E-state index in [1.165, 1.54) is 13.8 Å². The van der Waals surface area contributed by atoms with E-state index in [1.54, 1.807) is 0 Å². The van der Waals surface area contributed by atoms with E-state index < -0.39 is 45.7 Å². The van der Waals surface area contributed by atoms with Gasteiger partial charge in [-0.1, -0.05) is 0 Å². The fourth-order valence-electron chi connectivity index (χ4n) is 1.76. The molecule has 4 N–H and O–H groups in total. The first-order valence-electron chi connectivity index (χ1n) is 5.95. The predicted molar refractivity (Wildman–Crippen MR) is 79.1 cm³/mol. The minimum Gasteiger partial charge on any atom is -0.392 e. The summed E-state index contributed by atoms with van der Waals surface area (Å²) in [6.07, 6.45) is 1.39. The van der Waals surface area contributed by atoms with Gasteiger partial charge in [-0.15, -0.1) is 0 Å². The second kappa shape index (κ2) is 5.76. The molecule has 0 aromatic heterocycles. The van der Waals surface area contributed by atoms with E-state index in [9.17, 15) is 37.4 Å². The van der Waals surface area contributed by atoms with Crippen LogP contribution >= 0.6 is 22.1 Å². The predicted octanol–water partition coefficient (Wildman–Crippen LogP) is 0.726. The average Bonchev–Trinajstić information content (AvgIpc) is 2.32. The van der Waals surface area contributed by atoms with Gasteiger partial charge in [0, 0.05) is 12.2 Å². The summed E-state index contributed by atoms with van der Waals surface area (Å²) in [4.78, 5) is 47.8. The average molecular weight is 384 g/mol. The van der Waals surface area contributed by atoms with Crippen LogP contribution in [0.25, 0.3) is 0 Å². The monoisotopic (exact) mass is 384 g/mol. The Morgan fingerprint density at radius 1 is 0.833 bits per heavy atom. The van der Waals surface area contributed by atoms with Crippen molar-refractivity contribution in [2.45, 2.75) is 13.8 Å². The molecule has 0 fully saturated rings. The summed E-state index contributed by atoms with van der Waals surface area (Å²) in [5, 5.41) is 0. The number of carbonyl (C=O) groups is 4. The van der Waals surface area contributed by atoms with Crippen LogP contribution in [0.5, 0.6) is 0 Å². The number of imide groups is 2. The number of allylic oxidation sites excluding steroid dienone is 2. The van der Waals surface area contributed by atoms with Gasteiger partial charge in [-0.25, -0.2) is 0 Å². The molecule has 0 bridgehead atoms. The van der Waals surface area contributed by atoms with E-state index in [-0.39, 0.29) is 20.1 Å². The molecule has 2 rings (SSSR count). The second-order valence-electron chi connectivity index (χ2n) is 4.49. The van der Waals surface area contributed by atoms with Crippen molar-refractivity contribution in [2.24, 2.45) is 0 Å². The molecular formula is C10H12N2O10S2. The quantitative estimate of drug-likeness (QED) is 0.436. The molecule has 0 aromatic carbocycles. The van der Waals surface area contributed by atoms with E-state index in [4.69, 9.17) is 0 Å². The molecule has 2 heterocycles. The summed E-state index contributed by atoms with van der Waals surface area (Å²) < 4.78 is 47.1. The van der Waals surface area contributed by atoms with E-state index in [1.807, 2.05) is 0 Å². The summed E-state index contributed by atoms with van der Waals surface area (Å²) in [5.41, 5.74) is 0. The number of amides is 4. The molecule has 12 nitrogen and oxygen atoms in total. The first-order valence-corrected chi connectivity index (χ1v) is 8.81. The van der Waals surface area contributed by atoms with Gasteiger partial charge in [-0.2, -0.15) is 8.61 Å². The Balaban J connectivity index is 2.38. The summed E-state index contributed by atoms with van der Waals surface area (Å²) in [6.45, 7) is 2.39. The maximum atomic E-state index is 12.1. The highest BCUT2D eigenvalue weighted by Crippen LogP contribution is 2.52. The highest BCUT2D eigenvalue weighted by atomic mass is 32.3. The number of hydrogen-bond donors (Lipinski definition) is 4. The number of hydrogen-bond acceptors (Lipinski definition) is 10. The molecule has 0 radical (unpaired) electrons. The fraction of sp³-hybridized carbons (Fsp3) is 0.200. The number of rotatable bonds is 0. The molecule has 14 heteroatoms. The molecule has 0 unspecified atom stereocenters. The summed E-state index contributed by atoms with van der Waals surface area (Å²) in [7, 11) is 0. The van der Waals surface area contributed by atoms with Crippen molar-refractivity contribution in [2.75, 3.05) is 0 Å². The molecule has 0 saturated heterocycles. The molecule has 134 valence electrons. The first kappa shape index (κ1) is 18.2. The van der Waals surface area contributed by atoms with E-state index in [0.717, 1.165) is 0 Å². The van der Waals surface area contributed by atoms with Gasteiger partial charge in [0.2, 0.25) is 22.1 Å². The Labute approximate surface area is 138 Å². The molecule has 2 aliphatic heterocycles. The van der Waals surface area contributed by atoms with Crippen molar-refractivity contribution in [3.63, 3.8) is 0 Å². The van der Waals surface area contributed by atoms with Crippen molar-refractivity contribution in [1.82, 2.24) is 8.61 Å². The third-order valence-corrected chi connectivity index (χ3v) is 5.18. The van der Waals surface area contributed by atoms with Gasteiger partial charge in [0.25, 0.3) is 11.8 Å². The minimum absolute atomic E-state index is 0.225. The second-order valence-corrected chi connectivity index (χ2v) is 7.43. The Morgan fingerprint density at radius 2 is 1.12 bits per heavy atom. The van der Waals surface area contributed by atoms with Crippen molar-refractivity contribution in [3.8, 4) is 0 Å². The van der Waals surface area contributed by atoms with Gasteiger partial charge in [0.1, 0.15) is 11.5 Å². The summed E-state index contributed by atoms with van der Waals surface area (Å²) >= 11 is -8.95. The zero-order valence-electron chi connectivity index (χ0n) is 12.1. The van der Waals surface area contributed by atoms with Gasteiger partial charge >= 0.3 is 11.8 Å². The van der Waals surface area contributed by atoms with Gasteiger partial charge in [-0.05, 0) is 13.8 Å². The third-order valence-electron chi connectivity index (χ3n) is 2.57. The van der Waals surface area contributed by atoms with Crippen LogP contribution in [-0.4, -0.2) is 50.5 Å². The zero-order chi connectivity index (χ0) is 18.4. The first-order chi connectivity index (χ1) is 10.9. The van der Waals surface area contributed by atoms with Crippen LogP contribution in [0.3, 0.4) is 0 Å². The van der Waals surface area contributed by atoms with Crippen LogP contribution in [0, 0.1) is 0 Å². The lowest BCUT2D eigenvalue weighted by Crippen LogP contribution is -2.52. The van der Waals surface area contributed by atoms with Crippen molar-refractivity contribution in [3.05, 3.63) is 23.7 Å². The largest absolute Gasteiger partial charge is 0.392 e. The molecule has 4 amide bonds. The third kappa shape index (κ3) is 3.10. The molecular weight excluding hydrogens is 372 g/mol. The zero-order valence-corrected chi connectivity index (χ0v) is 13.7. The minimum atomic E-state index is -4.47. The Morgan fingerprint density at radius 3 is 1.38 bits per heavy atom. The normalized spacial score (nSPS) is 24.9. The highest BCUT2D eigenvalue weighted by Gasteiger charge is 2.51. The van der Waals surface area contributed by atoms with E-state index in [0.29, 0.717) is 12.2 Å². The topological polar surface area (TPSA) is 174 Å². The number of carbonyl (C=O) groups excluding carboxylic acids is 4. The molecule has 0 atom stereocenters. The van der Waals surface area contributed by atoms with Crippen molar-refractivity contribution < 1.29 is 45.8 Å². The Hall–Kier alpha value is -2.10. The van der Waals surface area contributed by atoms with Gasteiger partial charge in [0.05, 0.1) is 0 Å². The smallest absolute Gasteiger partial charge is 0.335 e. The van der Waals surface area contributed by atoms with Crippen LogP contribution in [0.15, 0.2) is 23.7 Å². The Bertz CT molecular complexity index is 652. The van der Waals surface area contributed by atoms with E-state index in [2.05, 4.69) is 8.37 Å². The molecule has 0 aliphatic carbocycles. The lowest BCUT2D eigenvalue weighted by atomic mass is 10.4. The SMILES string of the molecule is CC1=CC(=O)N(C(=O)C(=O)N2C(=O)C=C(C)OS2(O)O)S(O)(O)O1. The summed E-state index contributed by atoms with van der Waals surface area (Å²) in [5.74, 6) is -6.90. The van der Waals surface area contributed by atoms with Crippen molar-refractivity contribution >= 4 is 45.7 Å². The lowest BCUT2D eigenvalue weighted by Gasteiger charge is -2.40. The number of nitrogens with zero attached hydrogens (tertiary/aromatic N) is 2. The molecule has 2 aliphatic rings. The van der Waals surface area contributed by atoms with Crippen LogP contribution in [-0.2, 0) is 27.5 Å². The maximum absolute atomic E-state index is 12.1. The van der Waals surface area contributed by atoms with Crippen LogP contribution < -0.4 is 0 Å². The van der Waals surface area contributed by atoms with E-state index >= 15 is 0 Å². The Kier molecular flexibility index (Phi) is 4.38. The highest BCUT2D eigenvalue weighted by molar-refractivity contribution is 8.19. The van der Waals surface area contributed by atoms with Gasteiger partial charge in [-0.3, -0.25) is 37.4 Å². The van der Waals surface area contributed by atoms with Gasteiger partial charge in [0.15, 0.2) is 0 Å². The lowest BCUT2D eigenvalue weighted by molar-refractivity contribution is -0.153. The molecule has 0 saturated carbocycles. The molecule has 0 spiro atoms. The standard InChI is InChI=1S/C10H12N2O10S2/c1-5-3-7(13)11(23(17,18)21-5)9(15)10(16)12-8(14)4-6(2)22-24(12,19)20/h3-4,17-20H,1-2H3. The molecule has 24 heavy (non-hydrogen) atoms. The van der Waals surface area contributed by atoms with Crippen LogP contribution in [0.1, 0.15) is 13.8 Å². The molecule has 0 aromatic rings. The maximum Gasteiger partial charge on any atom is 0.335 e. The van der Waals surface area contributed by atoms with Crippen LogP contribution in [0.4, 0.5) is 0 Å². The van der Waals surface area contributed by atoms with Crippen LogP contribution in [0.2, 0.25) is 0 Å². The van der Waals surface area contributed by atoms with Gasteiger partial charge < -0.3 is 8.37 Å².